The molecular weight excluding hydrogens is 636 g/mol. The fourth-order valence-electron chi connectivity index (χ4n) is 3.62. The van der Waals surface area contributed by atoms with Crippen molar-refractivity contribution in [1.29, 1.82) is 0 Å². The van der Waals surface area contributed by atoms with Crippen LogP contribution in [0.5, 0.6) is 23.0 Å². The van der Waals surface area contributed by atoms with E-state index < -0.39 is 30.2 Å². The number of ether oxygens (including phenoxy) is 7. The number of carbonyl (C=O) groups excluding carboxylic acids is 5. The summed E-state index contributed by atoms with van der Waals surface area (Å²) in [4.78, 5) is 59.8. The van der Waals surface area contributed by atoms with Gasteiger partial charge in [-0.2, -0.15) is 0 Å². The second kappa shape index (κ2) is 19.2. The van der Waals surface area contributed by atoms with Gasteiger partial charge in [0.05, 0.1) is 36.0 Å². The van der Waals surface area contributed by atoms with Crippen molar-refractivity contribution < 1.29 is 57.1 Å². The van der Waals surface area contributed by atoms with Gasteiger partial charge in [0.1, 0.15) is 23.0 Å². The molecule has 0 amide bonds. The van der Waals surface area contributed by atoms with Gasteiger partial charge in [-0.3, -0.25) is 0 Å². The molecule has 0 aliphatic heterocycles. The van der Waals surface area contributed by atoms with E-state index in [-0.39, 0.29) is 59.0 Å². The average Bonchev–Trinajstić information content (AvgIpc) is 3.06. The fourth-order valence-corrected chi connectivity index (χ4v) is 3.83. The Morgan fingerprint density at radius 1 is 0.617 bits per heavy atom. The lowest BCUT2D eigenvalue weighted by atomic mass is 10.2. The Morgan fingerprint density at radius 3 is 1.57 bits per heavy atom. The molecule has 0 bridgehead atoms. The van der Waals surface area contributed by atoms with E-state index in [2.05, 4.69) is 6.58 Å². The lowest BCUT2D eigenvalue weighted by Gasteiger charge is -2.10. The molecule has 0 radical (unpaired) electrons. The molecule has 13 heteroatoms. The first-order chi connectivity index (χ1) is 22.7. The zero-order chi connectivity index (χ0) is 34.0. The van der Waals surface area contributed by atoms with Crippen LogP contribution in [0.2, 0.25) is 5.02 Å². The third-order valence-electron chi connectivity index (χ3n) is 6.04. The van der Waals surface area contributed by atoms with Crippen LogP contribution in [0.25, 0.3) is 0 Å². The van der Waals surface area contributed by atoms with E-state index in [1.165, 1.54) is 66.7 Å². The predicted octanol–water partition coefficient (Wildman–Crippen LogP) is 7.51. The van der Waals surface area contributed by atoms with Crippen molar-refractivity contribution in [2.75, 3.05) is 19.8 Å². The SMILES string of the molecule is C=CC(=O)OCCCCOC(=O)Oc1ccc(C(=O)Oc2ccc(OC(=O)c3ccc(OC(=O)OCCCCC)cc3)cc2Cl)cc1. The highest BCUT2D eigenvalue weighted by Crippen LogP contribution is 2.30. The van der Waals surface area contributed by atoms with Crippen molar-refractivity contribution in [2.45, 2.75) is 39.0 Å². The molecule has 0 fully saturated rings. The Bertz CT molecular complexity index is 1530. The third kappa shape index (κ3) is 12.9. The molecule has 3 aromatic carbocycles. The summed E-state index contributed by atoms with van der Waals surface area (Å²) in [5, 5.41) is 0.00594. The first-order valence-corrected chi connectivity index (χ1v) is 15.0. The Morgan fingerprint density at radius 2 is 1.09 bits per heavy atom. The first-order valence-electron chi connectivity index (χ1n) is 14.6. The molecule has 3 aromatic rings. The highest BCUT2D eigenvalue weighted by atomic mass is 35.5. The normalized spacial score (nSPS) is 10.3. The van der Waals surface area contributed by atoms with Gasteiger partial charge in [-0.15, -0.1) is 0 Å². The van der Waals surface area contributed by atoms with Crippen LogP contribution in [0.4, 0.5) is 9.59 Å². The summed E-state index contributed by atoms with van der Waals surface area (Å²) in [6.07, 6.45) is 2.94. The maximum absolute atomic E-state index is 12.6. The molecule has 0 aliphatic rings. The summed E-state index contributed by atoms with van der Waals surface area (Å²) in [6, 6.07) is 15.3. The number of hydrogen-bond donors (Lipinski definition) is 0. The van der Waals surface area contributed by atoms with Gasteiger partial charge >= 0.3 is 30.2 Å². The average molecular weight is 669 g/mol. The number of esters is 3. The molecule has 0 aromatic heterocycles. The van der Waals surface area contributed by atoms with Crippen LogP contribution in [0, 0.1) is 0 Å². The number of benzene rings is 3. The molecule has 0 heterocycles. The van der Waals surface area contributed by atoms with Crippen LogP contribution in [-0.2, 0) is 19.0 Å². The second-order valence-electron chi connectivity index (χ2n) is 9.61. The molecule has 0 aliphatic carbocycles. The fraction of sp³-hybridized carbons (Fsp3) is 0.265. The van der Waals surface area contributed by atoms with Crippen molar-refractivity contribution in [2.24, 2.45) is 0 Å². The van der Waals surface area contributed by atoms with Gasteiger partial charge in [0.2, 0.25) is 0 Å². The van der Waals surface area contributed by atoms with Gasteiger partial charge in [0.25, 0.3) is 0 Å². The van der Waals surface area contributed by atoms with Gasteiger partial charge in [0, 0.05) is 12.1 Å². The van der Waals surface area contributed by atoms with E-state index >= 15 is 0 Å². The highest BCUT2D eigenvalue weighted by Gasteiger charge is 2.16. The standard InChI is InChI=1S/C34H33ClO12/c1-3-5-6-20-42-33(39)45-25-13-9-23(10-14-25)31(37)44-27-17-18-29(28(35)22-27)47-32(38)24-11-15-26(16-12-24)46-34(40)43-21-8-7-19-41-30(36)4-2/h4,9-18,22H,2-3,5-8,19-21H2,1H3. The number of hydrogen-bond acceptors (Lipinski definition) is 12. The number of rotatable bonds is 16. The van der Waals surface area contributed by atoms with E-state index in [1.807, 2.05) is 6.92 Å². The lowest BCUT2D eigenvalue weighted by Crippen LogP contribution is -2.13. The summed E-state index contributed by atoms with van der Waals surface area (Å²) >= 11 is 6.26. The first kappa shape index (κ1) is 36.1. The molecule has 0 saturated carbocycles. The summed E-state index contributed by atoms with van der Waals surface area (Å²) in [7, 11) is 0. The van der Waals surface area contributed by atoms with Crippen molar-refractivity contribution in [3.05, 3.63) is 95.5 Å². The topological polar surface area (TPSA) is 150 Å². The summed E-state index contributed by atoms with van der Waals surface area (Å²) in [5.74, 6) is -1.51. The smallest absolute Gasteiger partial charge is 0.463 e. The maximum Gasteiger partial charge on any atom is 0.513 e. The largest absolute Gasteiger partial charge is 0.513 e. The number of halogens is 1. The molecule has 47 heavy (non-hydrogen) atoms. The molecule has 0 saturated heterocycles. The molecule has 0 atom stereocenters. The van der Waals surface area contributed by atoms with Crippen molar-refractivity contribution >= 4 is 41.8 Å². The quantitative estimate of drug-likeness (QED) is 0.0371. The zero-order valence-corrected chi connectivity index (χ0v) is 26.3. The van der Waals surface area contributed by atoms with E-state index in [9.17, 15) is 24.0 Å². The van der Waals surface area contributed by atoms with Gasteiger partial charge in [0.15, 0.2) is 0 Å². The summed E-state index contributed by atoms with van der Waals surface area (Å²) in [6.45, 7) is 5.84. The van der Waals surface area contributed by atoms with Crippen LogP contribution in [0.15, 0.2) is 79.4 Å². The van der Waals surface area contributed by atoms with Gasteiger partial charge in [-0.1, -0.05) is 37.9 Å². The highest BCUT2D eigenvalue weighted by molar-refractivity contribution is 6.32. The van der Waals surface area contributed by atoms with Gasteiger partial charge in [-0.25, -0.2) is 24.0 Å². The monoisotopic (exact) mass is 668 g/mol. The van der Waals surface area contributed by atoms with Gasteiger partial charge < -0.3 is 33.2 Å². The van der Waals surface area contributed by atoms with Crippen LogP contribution in [0.3, 0.4) is 0 Å². The molecule has 0 spiro atoms. The summed E-state index contributed by atoms with van der Waals surface area (Å²) < 4.78 is 35.6. The Labute approximate surface area is 276 Å². The molecular formula is C34H33ClO12. The lowest BCUT2D eigenvalue weighted by molar-refractivity contribution is -0.137. The minimum atomic E-state index is -0.933. The van der Waals surface area contributed by atoms with Crippen LogP contribution >= 0.6 is 11.6 Å². The molecule has 0 unspecified atom stereocenters. The number of unbranched alkanes of at least 4 members (excludes halogenated alkanes) is 3. The van der Waals surface area contributed by atoms with E-state index in [0.717, 1.165) is 25.3 Å². The van der Waals surface area contributed by atoms with E-state index in [4.69, 9.17) is 44.8 Å². The third-order valence-corrected chi connectivity index (χ3v) is 6.33. The molecule has 0 N–H and O–H groups in total. The maximum atomic E-state index is 12.6. The van der Waals surface area contributed by atoms with Crippen molar-refractivity contribution in [1.82, 2.24) is 0 Å². The predicted molar refractivity (Wildman–Crippen MR) is 168 cm³/mol. The van der Waals surface area contributed by atoms with Crippen molar-refractivity contribution in [3.8, 4) is 23.0 Å². The Hall–Kier alpha value is -5.36. The molecule has 12 nitrogen and oxygen atoms in total. The Balaban J connectivity index is 1.44. The van der Waals surface area contributed by atoms with Crippen LogP contribution < -0.4 is 18.9 Å². The second-order valence-corrected chi connectivity index (χ2v) is 10.0. The summed E-state index contributed by atoms with van der Waals surface area (Å²) in [5.41, 5.74) is 0.327. The van der Waals surface area contributed by atoms with E-state index in [1.54, 1.807) is 0 Å². The number of carbonyl (C=O) groups is 5. The van der Waals surface area contributed by atoms with Crippen LogP contribution in [0.1, 0.15) is 59.7 Å². The minimum Gasteiger partial charge on any atom is -0.463 e. The van der Waals surface area contributed by atoms with Crippen LogP contribution in [-0.4, -0.2) is 50.0 Å². The van der Waals surface area contributed by atoms with Crippen molar-refractivity contribution in [3.63, 3.8) is 0 Å². The molecule has 248 valence electrons. The van der Waals surface area contributed by atoms with Gasteiger partial charge in [-0.05, 0) is 79.9 Å². The Kier molecular flexibility index (Phi) is 14.8. The minimum absolute atomic E-state index is 0.00594. The zero-order valence-electron chi connectivity index (χ0n) is 25.6. The molecule has 3 rings (SSSR count). The van der Waals surface area contributed by atoms with E-state index in [0.29, 0.717) is 12.8 Å².